The van der Waals surface area contributed by atoms with Gasteiger partial charge in [-0.05, 0) is 42.6 Å². The SMILES string of the molecule is CNCC(NC)c1cc(C(C)C)ccc1C(C)C. The molecular formula is C16H28N2. The van der Waals surface area contributed by atoms with Crippen LogP contribution in [0.1, 0.15) is 62.3 Å². The molecule has 0 saturated heterocycles. The Hall–Kier alpha value is -0.860. The predicted molar refractivity (Wildman–Crippen MR) is 80.3 cm³/mol. The molecule has 0 radical (unpaired) electrons. The van der Waals surface area contributed by atoms with Crippen LogP contribution in [0.25, 0.3) is 0 Å². The van der Waals surface area contributed by atoms with E-state index in [0.29, 0.717) is 17.9 Å². The van der Waals surface area contributed by atoms with Gasteiger partial charge in [0.05, 0.1) is 0 Å². The van der Waals surface area contributed by atoms with Crippen LogP contribution in [-0.2, 0) is 0 Å². The number of nitrogens with one attached hydrogen (secondary N) is 2. The fourth-order valence-electron chi connectivity index (χ4n) is 2.35. The van der Waals surface area contributed by atoms with Gasteiger partial charge in [-0.25, -0.2) is 0 Å². The summed E-state index contributed by atoms with van der Waals surface area (Å²) in [7, 11) is 4.04. The zero-order valence-corrected chi connectivity index (χ0v) is 12.7. The molecule has 0 heterocycles. The van der Waals surface area contributed by atoms with Gasteiger partial charge in [0.15, 0.2) is 0 Å². The number of hydrogen-bond acceptors (Lipinski definition) is 2. The Labute approximate surface area is 112 Å². The maximum atomic E-state index is 3.42. The fourth-order valence-corrected chi connectivity index (χ4v) is 2.35. The van der Waals surface area contributed by atoms with Crippen molar-refractivity contribution in [2.24, 2.45) is 0 Å². The van der Waals surface area contributed by atoms with E-state index < -0.39 is 0 Å². The minimum atomic E-state index is 0.381. The molecule has 2 N–H and O–H groups in total. The lowest BCUT2D eigenvalue weighted by Crippen LogP contribution is -2.28. The van der Waals surface area contributed by atoms with Crippen molar-refractivity contribution >= 4 is 0 Å². The van der Waals surface area contributed by atoms with E-state index in [1.54, 1.807) is 0 Å². The molecule has 0 fully saturated rings. The zero-order valence-electron chi connectivity index (χ0n) is 12.7. The molecule has 0 saturated carbocycles. The number of likely N-dealkylation sites (N-methyl/N-ethyl adjacent to an activating group) is 2. The average Bonchev–Trinajstić information content (AvgIpc) is 2.35. The van der Waals surface area contributed by atoms with Crippen molar-refractivity contribution in [1.82, 2.24) is 10.6 Å². The molecule has 0 bridgehead atoms. The smallest absolute Gasteiger partial charge is 0.0447 e. The van der Waals surface area contributed by atoms with Crippen LogP contribution in [0.15, 0.2) is 18.2 Å². The molecule has 0 aromatic heterocycles. The molecule has 0 aliphatic heterocycles. The summed E-state index contributed by atoms with van der Waals surface area (Å²) in [6.45, 7) is 9.99. The van der Waals surface area contributed by atoms with Crippen LogP contribution in [0, 0.1) is 0 Å². The summed E-state index contributed by atoms with van der Waals surface area (Å²) in [4.78, 5) is 0. The van der Waals surface area contributed by atoms with Gasteiger partial charge in [0.2, 0.25) is 0 Å². The molecule has 18 heavy (non-hydrogen) atoms. The first-order chi connectivity index (χ1) is 8.51. The molecule has 2 heteroatoms. The first kappa shape index (κ1) is 15.2. The summed E-state index contributed by atoms with van der Waals surface area (Å²) in [5, 5.41) is 6.69. The summed E-state index contributed by atoms with van der Waals surface area (Å²) in [6, 6.07) is 7.33. The normalized spacial score (nSPS) is 13.3. The zero-order chi connectivity index (χ0) is 13.7. The monoisotopic (exact) mass is 248 g/mol. The van der Waals surface area contributed by atoms with Crippen LogP contribution >= 0.6 is 0 Å². The number of benzene rings is 1. The van der Waals surface area contributed by atoms with E-state index in [0.717, 1.165) is 6.54 Å². The van der Waals surface area contributed by atoms with Crippen LogP contribution in [-0.4, -0.2) is 20.6 Å². The Kier molecular flexibility index (Phi) is 5.83. The van der Waals surface area contributed by atoms with Gasteiger partial charge in [-0.15, -0.1) is 0 Å². The molecule has 2 nitrogen and oxygen atoms in total. The van der Waals surface area contributed by atoms with E-state index in [1.165, 1.54) is 16.7 Å². The van der Waals surface area contributed by atoms with Crippen LogP contribution in [0.4, 0.5) is 0 Å². The van der Waals surface area contributed by atoms with Crippen LogP contribution < -0.4 is 10.6 Å². The molecule has 1 unspecified atom stereocenters. The van der Waals surface area contributed by atoms with Gasteiger partial charge < -0.3 is 10.6 Å². The molecule has 0 amide bonds. The lowest BCUT2D eigenvalue weighted by molar-refractivity contribution is 0.550. The second-order valence-corrected chi connectivity index (χ2v) is 5.60. The highest BCUT2D eigenvalue weighted by atomic mass is 14.9. The van der Waals surface area contributed by atoms with Crippen molar-refractivity contribution in [3.05, 3.63) is 34.9 Å². The molecule has 1 aromatic carbocycles. The van der Waals surface area contributed by atoms with Gasteiger partial charge >= 0.3 is 0 Å². The minimum absolute atomic E-state index is 0.381. The lowest BCUT2D eigenvalue weighted by Gasteiger charge is -2.23. The summed E-state index contributed by atoms with van der Waals surface area (Å²) in [5.41, 5.74) is 4.31. The van der Waals surface area contributed by atoms with Crippen LogP contribution in [0.3, 0.4) is 0 Å². The van der Waals surface area contributed by atoms with E-state index in [4.69, 9.17) is 0 Å². The Morgan fingerprint density at radius 2 is 1.61 bits per heavy atom. The van der Waals surface area contributed by atoms with Gasteiger partial charge in [-0.2, -0.15) is 0 Å². The van der Waals surface area contributed by atoms with Crippen LogP contribution in [0.5, 0.6) is 0 Å². The first-order valence-corrected chi connectivity index (χ1v) is 6.96. The van der Waals surface area contributed by atoms with Crippen molar-refractivity contribution in [2.75, 3.05) is 20.6 Å². The van der Waals surface area contributed by atoms with Crippen molar-refractivity contribution < 1.29 is 0 Å². The Morgan fingerprint density at radius 1 is 0.944 bits per heavy atom. The molecule has 102 valence electrons. The number of rotatable bonds is 6. The standard InChI is InChI=1S/C16H28N2/c1-11(2)13-7-8-14(12(3)4)15(9-13)16(18-6)10-17-5/h7-9,11-12,16-18H,10H2,1-6H3. The van der Waals surface area contributed by atoms with E-state index in [1.807, 2.05) is 14.1 Å². The second-order valence-electron chi connectivity index (χ2n) is 5.60. The van der Waals surface area contributed by atoms with Gasteiger partial charge in [0, 0.05) is 12.6 Å². The molecule has 1 aromatic rings. The highest BCUT2D eigenvalue weighted by Gasteiger charge is 2.16. The first-order valence-electron chi connectivity index (χ1n) is 6.96. The molecule has 0 aliphatic carbocycles. The molecule has 0 aliphatic rings. The predicted octanol–water partition coefficient (Wildman–Crippen LogP) is 3.41. The Balaban J connectivity index is 3.21. The minimum Gasteiger partial charge on any atom is -0.318 e. The Bertz CT molecular complexity index is 369. The van der Waals surface area contributed by atoms with Crippen LogP contribution in [0.2, 0.25) is 0 Å². The Morgan fingerprint density at radius 3 is 2.06 bits per heavy atom. The third-order valence-electron chi connectivity index (χ3n) is 3.53. The highest BCUT2D eigenvalue weighted by Crippen LogP contribution is 2.28. The van der Waals surface area contributed by atoms with E-state index in [2.05, 4.69) is 56.5 Å². The van der Waals surface area contributed by atoms with E-state index >= 15 is 0 Å². The fraction of sp³-hybridized carbons (Fsp3) is 0.625. The third-order valence-corrected chi connectivity index (χ3v) is 3.53. The van der Waals surface area contributed by atoms with Crippen molar-refractivity contribution in [1.29, 1.82) is 0 Å². The molecule has 0 spiro atoms. The largest absolute Gasteiger partial charge is 0.318 e. The average molecular weight is 248 g/mol. The van der Waals surface area contributed by atoms with Crippen molar-refractivity contribution in [3.63, 3.8) is 0 Å². The summed E-state index contributed by atoms with van der Waals surface area (Å²) in [5.74, 6) is 1.14. The van der Waals surface area contributed by atoms with Gasteiger partial charge in [0.25, 0.3) is 0 Å². The second kappa shape index (κ2) is 6.91. The molecule has 1 rings (SSSR count). The van der Waals surface area contributed by atoms with E-state index in [-0.39, 0.29) is 0 Å². The lowest BCUT2D eigenvalue weighted by atomic mass is 9.88. The summed E-state index contributed by atoms with van der Waals surface area (Å²) < 4.78 is 0. The van der Waals surface area contributed by atoms with Gasteiger partial charge in [-0.3, -0.25) is 0 Å². The topological polar surface area (TPSA) is 24.1 Å². The van der Waals surface area contributed by atoms with E-state index in [9.17, 15) is 0 Å². The van der Waals surface area contributed by atoms with Gasteiger partial charge in [-0.1, -0.05) is 45.9 Å². The van der Waals surface area contributed by atoms with Crippen molar-refractivity contribution in [3.8, 4) is 0 Å². The summed E-state index contributed by atoms with van der Waals surface area (Å²) in [6.07, 6.45) is 0. The highest BCUT2D eigenvalue weighted by molar-refractivity contribution is 5.37. The maximum absolute atomic E-state index is 3.42. The van der Waals surface area contributed by atoms with Crippen molar-refractivity contribution in [2.45, 2.75) is 45.6 Å². The quantitative estimate of drug-likeness (QED) is 0.806. The summed E-state index contributed by atoms with van der Waals surface area (Å²) >= 11 is 0. The molecular weight excluding hydrogens is 220 g/mol. The number of hydrogen-bond donors (Lipinski definition) is 2. The molecule has 1 atom stereocenters. The van der Waals surface area contributed by atoms with Gasteiger partial charge in [0.1, 0.15) is 0 Å². The third kappa shape index (κ3) is 3.56. The maximum Gasteiger partial charge on any atom is 0.0447 e.